The molecule has 1 aliphatic rings. The van der Waals surface area contributed by atoms with Crippen molar-refractivity contribution >= 4 is 23.2 Å². The Hall–Kier alpha value is -2.14. The van der Waals surface area contributed by atoms with E-state index in [1.807, 2.05) is 58.5 Å². The molecule has 120 valence electrons. The molecule has 1 aromatic carbocycles. The minimum Gasteiger partial charge on any atom is -0.339 e. The fourth-order valence-corrected chi connectivity index (χ4v) is 3.40. The van der Waals surface area contributed by atoms with E-state index in [2.05, 4.69) is 0 Å². The predicted octanol–water partition coefficient (Wildman–Crippen LogP) is 2.58. The molecule has 0 radical (unpaired) electrons. The van der Waals surface area contributed by atoms with Gasteiger partial charge in [-0.15, -0.1) is 11.3 Å². The molecule has 1 aliphatic heterocycles. The van der Waals surface area contributed by atoms with E-state index >= 15 is 0 Å². The highest BCUT2D eigenvalue weighted by Gasteiger charge is 2.25. The van der Waals surface area contributed by atoms with Gasteiger partial charge in [-0.2, -0.15) is 0 Å². The number of nitrogens with zero attached hydrogens (tertiary/aromatic N) is 2. The second kappa shape index (κ2) is 6.96. The summed E-state index contributed by atoms with van der Waals surface area (Å²) in [4.78, 5) is 29.1. The van der Waals surface area contributed by atoms with Gasteiger partial charge in [-0.1, -0.05) is 35.9 Å². The third kappa shape index (κ3) is 3.79. The number of benzene rings is 1. The summed E-state index contributed by atoms with van der Waals surface area (Å²) in [5.74, 6) is 0.211. The molecule has 0 bridgehead atoms. The molecular weight excluding hydrogens is 308 g/mol. The highest BCUT2D eigenvalue weighted by atomic mass is 32.1. The Kier molecular flexibility index (Phi) is 4.76. The van der Waals surface area contributed by atoms with Gasteiger partial charge in [-0.25, -0.2) is 0 Å². The van der Waals surface area contributed by atoms with Gasteiger partial charge in [0, 0.05) is 26.2 Å². The number of carbonyl (C=O) groups is 2. The third-order valence-corrected chi connectivity index (χ3v) is 4.99. The smallest absolute Gasteiger partial charge is 0.264 e. The molecule has 2 aromatic rings. The molecule has 4 nitrogen and oxygen atoms in total. The van der Waals surface area contributed by atoms with Crippen molar-refractivity contribution < 1.29 is 9.59 Å². The number of hydrogen-bond donors (Lipinski definition) is 0. The van der Waals surface area contributed by atoms with E-state index in [0.29, 0.717) is 32.6 Å². The van der Waals surface area contributed by atoms with Crippen molar-refractivity contribution in [3.63, 3.8) is 0 Å². The van der Waals surface area contributed by atoms with Crippen LogP contribution in [0.2, 0.25) is 0 Å². The largest absolute Gasteiger partial charge is 0.339 e. The van der Waals surface area contributed by atoms with Gasteiger partial charge in [0.2, 0.25) is 5.91 Å². The van der Waals surface area contributed by atoms with Crippen LogP contribution in [-0.2, 0) is 11.2 Å². The molecule has 0 unspecified atom stereocenters. The fraction of sp³-hybridized carbons (Fsp3) is 0.333. The number of thiophene rings is 1. The topological polar surface area (TPSA) is 40.6 Å². The lowest BCUT2D eigenvalue weighted by Crippen LogP contribution is -2.50. The maximum absolute atomic E-state index is 12.4. The summed E-state index contributed by atoms with van der Waals surface area (Å²) < 4.78 is 0. The van der Waals surface area contributed by atoms with Gasteiger partial charge in [0.1, 0.15) is 0 Å². The molecule has 1 fully saturated rings. The summed E-state index contributed by atoms with van der Waals surface area (Å²) >= 11 is 1.46. The molecule has 0 saturated carbocycles. The lowest BCUT2D eigenvalue weighted by molar-refractivity contribution is -0.131. The van der Waals surface area contributed by atoms with Gasteiger partial charge in [0.25, 0.3) is 5.91 Å². The number of aryl methyl sites for hydroxylation is 1. The highest BCUT2D eigenvalue weighted by Crippen LogP contribution is 2.14. The zero-order valence-electron chi connectivity index (χ0n) is 13.2. The van der Waals surface area contributed by atoms with E-state index in [1.54, 1.807) is 0 Å². The first-order valence-corrected chi connectivity index (χ1v) is 8.67. The van der Waals surface area contributed by atoms with Gasteiger partial charge in [0.05, 0.1) is 11.3 Å². The van der Waals surface area contributed by atoms with Gasteiger partial charge >= 0.3 is 0 Å². The summed E-state index contributed by atoms with van der Waals surface area (Å²) in [5.41, 5.74) is 2.24. The van der Waals surface area contributed by atoms with Crippen LogP contribution >= 0.6 is 11.3 Å². The van der Waals surface area contributed by atoms with Gasteiger partial charge in [0.15, 0.2) is 0 Å². The van der Waals surface area contributed by atoms with Crippen LogP contribution in [0, 0.1) is 6.92 Å². The first-order valence-electron chi connectivity index (χ1n) is 7.79. The molecule has 1 saturated heterocycles. The summed E-state index contributed by atoms with van der Waals surface area (Å²) in [6, 6.07) is 11.8. The minimum atomic E-state index is 0.0747. The summed E-state index contributed by atoms with van der Waals surface area (Å²) in [6.07, 6.45) is 0.430. The molecule has 1 aromatic heterocycles. The van der Waals surface area contributed by atoms with Crippen LogP contribution in [0.15, 0.2) is 41.8 Å². The molecule has 3 rings (SSSR count). The quantitative estimate of drug-likeness (QED) is 0.869. The number of hydrogen-bond acceptors (Lipinski definition) is 3. The second-order valence-electron chi connectivity index (χ2n) is 5.81. The van der Waals surface area contributed by atoms with Crippen molar-refractivity contribution in [3.05, 3.63) is 57.8 Å². The average molecular weight is 328 g/mol. The maximum atomic E-state index is 12.4. The Morgan fingerprint density at radius 1 is 1.00 bits per heavy atom. The van der Waals surface area contributed by atoms with E-state index in [1.165, 1.54) is 16.9 Å². The Labute approximate surface area is 140 Å². The van der Waals surface area contributed by atoms with Crippen LogP contribution in [0.5, 0.6) is 0 Å². The summed E-state index contributed by atoms with van der Waals surface area (Å²) in [7, 11) is 0. The number of amides is 2. The lowest BCUT2D eigenvalue weighted by atomic mass is 10.1. The first kappa shape index (κ1) is 15.7. The van der Waals surface area contributed by atoms with Crippen molar-refractivity contribution in [2.24, 2.45) is 0 Å². The van der Waals surface area contributed by atoms with Crippen LogP contribution in [0.4, 0.5) is 0 Å². The zero-order valence-corrected chi connectivity index (χ0v) is 14.0. The van der Waals surface area contributed by atoms with Crippen LogP contribution in [0.1, 0.15) is 20.8 Å². The van der Waals surface area contributed by atoms with E-state index in [0.717, 1.165) is 10.4 Å². The fourth-order valence-electron chi connectivity index (χ4n) is 2.71. The third-order valence-electron chi connectivity index (χ3n) is 4.13. The molecule has 0 atom stereocenters. The first-order chi connectivity index (χ1) is 11.1. The van der Waals surface area contributed by atoms with Crippen LogP contribution in [-0.4, -0.2) is 47.8 Å². The van der Waals surface area contributed by atoms with Crippen molar-refractivity contribution in [2.75, 3.05) is 26.2 Å². The van der Waals surface area contributed by atoms with Crippen molar-refractivity contribution in [1.29, 1.82) is 0 Å². The van der Waals surface area contributed by atoms with Crippen molar-refractivity contribution in [1.82, 2.24) is 9.80 Å². The monoisotopic (exact) mass is 328 g/mol. The van der Waals surface area contributed by atoms with Gasteiger partial charge < -0.3 is 9.80 Å². The molecule has 0 N–H and O–H groups in total. The normalized spacial score (nSPS) is 14.8. The second-order valence-corrected chi connectivity index (χ2v) is 6.76. The molecule has 2 heterocycles. The van der Waals surface area contributed by atoms with E-state index in [-0.39, 0.29) is 11.8 Å². The standard InChI is InChI=1S/C18H20N2O2S/c1-14-4-6-15(7-5-14)13-17(21)19-8-10-20(11-9-19)18(22)16-3-2-12-23-16/h2-7,12H,8-11,13H2,1H3. The van der Waals surface area contributed by atoms with Crippen molar-refractivity contribution in [2.45, 2.75) is 13.3 Å². The van der Waals surface area contributed by atoms with Gasteiger partial charge in [-0.3, -0.25) is 9.59 Å². The zero-order chi connectivity index (χ0) is 16.2. The molecule has 5 heteroatoms. The summed E-state index contributed by atoms with van der Waals surface area (Å²) in [5, 5.41) is 1.91. The van der Waals surface area contributed by atoms with E-state index in [9.17, 15) is 9.59 Å². The Bertz CT molecular complexity index is 672. The lowest BCUT2D eigenvalue weighted by Gasteiger charge is -2.34. The van der Waals surface area contributed by atoms with Crippen LogP contribution in [0.3, 0.4) is 0 Å². The Morgan fingerprint density at radius 2 is 1.65 bits per heavy atom. The number of rotatable bonds is 3. The number of piperazine rings is 1. The van der Waals surface area contributed by atoms with Crippen molar-refractivity contribution in [3.8, 4) is 0 Å². The highest BCUT2D eigenvalue weighted by molar-refractivity contribution is 7.12. The predicted molar refractivity (Wildman–Crippen MR) is 91.7 cm³/mol. The molecule has 0 spiro atoms. The number of carbonyl (C=O) groups excluding carboxylic acids is 2. The average Bonchev–Trinajstić information content (AvgIpc) is 3.11. The molecule has 2 amide bonds. The van der Waals surface area contributed by atoms with E-state index < -0.39 is 0 Å². The molecule has 23 heavy (non-hydrogen) atoms. The van der Waals surface area contributed by atoms with Crippen LogP contribution < -0.4 is 0 Å². The molecular formula is C18H20N2O2S. The Balaban J connectivity index is 1.53. The summed E-state index contributed by atoms with van der Waals surface area (Å²) in [6.45, 7) is 4.48. The van der Waals surface area contributed by atoms with E-state index in [4.69, 9.17) is 0 Å². The molecule has 0 aliphatic carbocycles. The SMILES string of the molecule is Cc1ccc(CC(=O)N2CCN(C(=O)c3cccs3)CC2)cc1. The van der Waals surface area contributed by atoms with Crippen LogP contribution in [0.25, 0.3) is 0 Å². The van der Waals surface area contributed by atoms with Gasteiger partial charge in [-0.05, 0) is 23.9 Å². The Morgan fingerprint density at radius 3 is 2.26 bits per heavy atom. The minimum absolute atomic E-state index is 0.0747. The maximum Gasteiger partial charge on any atom is 0.264 e.